The van der Waals surface area contributed by atoms with Crippen LogP contribution in [0.2, 0.25) is 0 Å². The van der Waals surface area contributed by atoms with Crippen LogP contribution in [-0.4, -0.2) is 46.6 Å². The summed E-state index contributed by atoms with van der Waals surface area (Å²) in [4.78, 5) is 28.0. The molecule has 1 aromatic carbocycles. The lowest BCUT2D eigenvalue weighted by Crippen LogP contribution is -2.32. The van der Waals surface area contributed by atoms with E-state index in [1.807, 2.05) is 36.9 Å². The fourth-order valence-electron chi connectivity index (χ4n) is 4.04. The Balaban J connectivity index is 1.58. The molecule has 1 atom stereocenters. The lowest BCUT2D eigenvalue weighted by molar-refractivity contribution is -0.131. The lowest BCUT2D eigenvalue weighted by atomic mass is 9.95. The average Bonchev–Trinajstić information content (AvgIpc) is 3.37. The number of thiophene rings is 1. The van der Waals surface area contributed by atoms with Gasteiger partial charge in [-0.1, -0.05) is 18.2 Å². The first kappa shape index (κ1) is 18.7. The van der Waals surface area contributed by atoms with Crippen molar-refractivity contribution in [2.24, 2.45) is 0 Å². The molecular weight excluding hydrogens is 372 g/mol. The topological polar surface area (TPSA) is 67.2 Å². The second-order valence-corrected chi connectivity index (χ2v) is 8.38. The van der Waals surface area contributed by atoms with Crippen LogP contribution >= 0.6 is 11.3 Å². The van der Waals surface area contributed by atoms with E-state index in [0.29, 0.717) is 13.1 Å². The van der Waals surface area contributed by atoms with Gasteiger partial charge in [-0.3, -0.25) is 14.3 Å². The standard InChI is InChI=1S/C21H24N4O2S/c1-13-10-14(2)25(23-13)12-18(26)24-9-8-15(11-24)19-16-6-4-5-7-17(16)28-20(19)21(27)22-3/h4-7,10,15H,8-9,11-12H2,1-3H3,(H,22,27). The van der Waals surface area contributed by atoms with E-state index in [2.05, 4.69) is 22.5 Å². The molecular formula is C21H24N4O2S. The number of benzene rings is 1. The summed E-state index contributed by atoms with van der Waals surface area (Å²) >= 11 is 1.53. The first-order valence-corrected chi connectivity index (χ1v) is 10.3. The van der Waals surface area contributed by atoms with Gasteiger partial charge in [0.05, 0.1) is 10.6 Å². The summed E-state index contributed by atoms with van der Waals surface area (Å²) in [5.74, 6) is 0.200. The molecule has 0 bridgehead atoms. The Labute approximate surface area is 168 Å². The van der Waals surface area contributed by atoms with Crippen LogP contribution in [0, 0.1) is 13.8 Å². The molecule has 1 fully saturated rings. The number of aromatic nitrogens is 2. The van der Waals surface area contributed by atoms with Crippen LogP contribution < -0.4 is 5.32 Å². The van der Waals surface area contributed by atoms with Gasteiger partial charge in [-0.15, -0.1) is 11.3 Å². The van der Waals surface area contributed by atoms with Crippen molar-refractivity contribution < 1.29 is 9.59 Å². The molecule has 0 spiro atoms. The molecule has 0 aliphatic carbocycles. The number of nitrogens with one attached hydrogen (secondary N) is 1. The highest BCUT2D eigenvalue weighted by Gasteiger charge is 2.32. The molecule has 3 aromatic rings. The molecule has 1 unspecified atom stereocenters. The van der Waals surface area contributed by atoms with E-state index in [4.69, 9.17) is 0 Å². The van der Waals surface area contributed by atoms with Crippen LogP contribution in [0.5, 0.6) is 0 Å². The smallest absolute Gasteiger partial charge is 0.261 e. The highest BCUT2D eigenvalue weighted by atomic mass is 32.1. The largest absolute Gasteiger partial charge is 0.354 e. The Morgan fingerprint density at radius 1 is 1.29 bits per heavy atom. The Kier molecular flexibility index (Phi) is 4.93. The van der Waals surface area contributed by atoms with Gasteiger partial charge in [0.1, 0.15) is 6.54 Å². The number of aryl methyl sites for hydroxylation is 2. The van der Waals surface area contributed by atoms with Crippen molar-refractivity contribution in [3.63, 3.8) is 0 Å². The van der Waals surface area contributed by atoms with Gasteiger partial charge in [-0.05, 0) is 43.4 Å². The summed E-state index contributed by atoms with van der Waals surface area (Å²) in [6, 6.07) is 10.1. The van der Waals surface area contributed by atoms with Crippen LogP contribution in [0.4, 0.5) is 0 Å². The van der Waals surface area contributed by atoms with Crippen molar-refractivity contribution in [2.45, 2.75) is 32.7 Å². The fraction of sp³-hybridized carbons (Fsp3) is 0.381. The number of carbonyl (C=O) groups excluding carboxylic acids is 2. The SMILES string of the molecule is CNC(=O)c1sc2ccccc2c1C1CCN(C(=O)Cn2nc(C)cc2C)C1. The van der Waals surface area contributed by atoms with Gasteiger partial charge in [0.15, 0.2) is 0 Å². The van der Waals surface area contributed by atoms with Crippen molar-refractivity contribution in [2.75, 3.05) is 20.1 Å². The molecule has 28 heavy (non-hydrogen) atoms. The molecule has 6 nitrogen and oxygen atoms in total. The summed E-state index contributed by atoms with van der Waals surface area (Å²) in [5, 5.41) is 8.29. The van der Waals surface area contributed by atoms with Crippen LogP contribution in [-0.2, 0) is 11.3 Å². The zero-order valence-electron chi connectivity index (χ0n) is 16.4. The number of hydrogen-bond donors (Lipinski definition) is 1. The summed E-state index contributed by atoms with van der Waals surface area (Å²) in [7, 11) is 1.66. The zero-order chi connectivity index (χ0) is 19.8. The lowest BCUT2D eigenvalue weighted by Gasteiger charge is -2.17. The second-order valence-electron chi connectivity index (χ2n) is 7.33. The van der Waals surface area contributed by atoms with E-state index in [1.54, 1.807) is 11.7 Å². The number of hydrogen-bond acceptors (Lipinski definition) is 4. The predicted molar refractivity (Wildman–Crippen MR) is 111 cm³/mol. The summed E-state index contributed by atoms with van der Waals surface area (Å²) in [6.45, 7) is 5.51. The minimum absolute atomic E-state index is 0.0522. The van der Waals surface area contributed by atoms with E-state index in [-0.39, 0.29) is 24.3 Å². The quantitative estimate of drug-likeness (QED) is 0.737. The first-order valence-electron chi connectivity index (χ1n) is 9.50. The van der Waals surface area contributed by atoms with Gasteiger partial charge in [-0.25, -0.2) is 0 Å². The van der Waals surface area contributed by atoms with Crippen LogP contribution in [0.1, 0.15) is 39.0 Å². The van der Waals surface area contributed by atoms with Crippen molar-refractivity contribution in [3.05, 3.63) is 52.2 Å². The average molecular weight is 397 g/mol. The minimum Gasteiger partial charge on any atom is -0.354 e. The molecule has 1 N–H and O–H groups in total. The minimum atomic E-state index is -0.0522. The number of rotatable bonds is 4. The summed E-state index contributed by atoms with van der Waals surface area (Å²) in [5.41, 5.74) is 3.00. The molecule has 1 aliphatic heterocycles. The van der Waals surface area contributed by atoms with E-state index >= 15 is 0 Å². The van der Waals surface area contributed by atoms with Crippen LogP contribution in [0.3, 0.4) is 0 Å². The Hall–Kier alpha value is -2.67. The van der Waals surface area contributed by atoms with Gasteiger partial charge in [0, 0.05) is 36.4 Å². The van der Waals surface area contributed by atoms with E-state index in [9.17, 15) is 9.59 Å². The summed E-state index contributed by atoms with van der Waals surface area (Å²) < 4.78 is 2.88. The highest BCUT2D eigenvalue weighted by molar-refractivity contribution is 7.21. The van der Waals surface area contributed by atoms with Crippen molar-refractivity contribution in [3.8, 4) is 0 Å². The Bertz CT molecular complexity index is 1050. The third kappa shape index (κ3) is 3.30. The highest BCUT2D eigenvalue weighted by Crippen LogP contribution is 2.40. The Morgan fingerprint density at radius 2 is 2.07 bits per heavy atom. The number of carbonyl (C=O) groups is 2. The number of likely N-dealkylation sites (tertiary alicyclic amines) is 1. The van der Waals surface area contributed by atoms with E-state index in [0.717, 1.165) is 38.3 Å². The van der Waals surface area contributed by atoms with E-state index in [1.165, 1.54) is 11.3 Å². The fourth-order valence-corrected chi connectivity index (χ4v) is 5.27. The molecule has 3 heterocycles. The Morgan fingerprint density at radius 3 is 2.79 bits per heavy atom. The molecule has 4 rings (SSSR count). The van der Waals surface area contributed by atoms with Gasteiger partial charge in [0.2, 0.25) is 5.91 Å². The van der Waals surface area contributed by atoms with Gasteiger partial charge in [-0.2, -0.15) is 5.10 Å². The summed E-state index contributed by atoms with van der Waals surface area (Å²) in [6.07, 6.45) is 0.869. The monoisotopic (exact) mass is 396 g/mol. The number of nitrogens with zero attached hydrogens (tertiary/aromatic N) is 3. The molecule has 1 saturated heterocycles. The molecule has 2 amide bonds. The molecule has 2 aromatic heterocycles. The first-order chi connectivity index (χ1) is 13.5. The van der Waals surface area contributed by atoms with Crippen LogP contribution in [0.25, 0.3) is 10.1 Å². The zero-order valence-corrected chi connectivity index (χ0v) is 17.2. The maximum Gasteiger partial charge on any atom is 0.261 e. The van der Waals surface area contributed by atoms with Crippen molar-refractivity contribution >= 4 is 33.2 Å². The van der Waals surface area contributed by atoms with Gasteiger partial charge in [0.25, 0.3) is 5.91 Å². The predicted octanol–water partition coefficient (Wildman–Crippen LogP) is 3.09. The van der Waals surface area contributed by atoms with Crippen LogP contribution in [0.15, 0.2) is 30.3 Å². The maximum atomic E-state index is 12.8. The number of amides is 2. The van der Waals surface area contributed by atoms with Gasteiger partial charge < -0.3 is 10.2 Å². The maximum absolute atomic E-state index is 12.8. The molecule has 7 heteroatoms. The third-order valence-electron chi connectivity index (χ3n) is 5.40. The molecule has 0 saturated carbocycles. The molecule has 1 aliphatic rings. The molecule has 146 valence electrons. The third-order valence-corrected chi connectivity index (χ3v) is 6.59. The van der Waals surface area contributed by atoms with Crippen molar-refractivity contribution in [1.29, 1.82) is 0 Å². The number of fused-ring (bicyclic) bond motifs is 1. The normalized spacial score (nSPS) is 16.7. The molecule has 0 radical (unpaired) electrons. The van der Waals surface area contributed by atoms with Gasteiger partial charge >= 0.3 is 0 Å². The second kappa shape index (κ2) is 7.39. The van der Waals surface area contributed by atoms with Crippen molar-refractivity contribution in [1.82, 2.24) is 20.0 Å². The van der Waals surface area contributed by atoms with E-state index < -0.39 is 0 Å².